The SMILES string of the molecule is O=C(CN1CCSC1=O)Nc1ccc(SC(F)F)cc1. The van der Waals surface area contributed by atoms with Crippen LogP contribution in [0.1, 0.15) is 0 Å². The van der Waals surface area contributed by atoms with Crippen molar-refractivity contribution in [3.63, 3.8) is 0 Å². The average Bonchev–Trinajstić information content (AvgIpc) is 2.77. The van der Waals surface area contributed by atoms with Crippen molar-refractivity contribution < 1.29 is 18.4 Å². The number of anilines is 1. The van der Waals surface area contributed by atoms with E-state index in [1.54, 1.807) is 12.1 Å². The highest BCUT2D eigenvalue weighted by Gasteiger charge is 2.23. The fourth-order valence-corrected chi connectivity index (χ4v) is 2.99. The van der Waals surface area contributed by atoms with Crippen LogP contribution in [-0.2, 0) is 4.79 Å². The quantitative estimate of drug-likeness (QED) is 0.848. The number of hydrogen-bond donors (Lipinski definition) is 1. The monoisotopic (exact) mass is 318 g/mol. The molecule has 0 saturated carbocycles. The molecule has 8 heteroatoms. The van der Waals surface area contributed by atoms with Crippen molar-refractivity contribution >= 4 is 40.4 Å². The predicted molar refractivity (Wildman–Crippen MR) is 76.4 cm³/mol. The van der Waals surface area contributed by atoms with E-state index in [0.29, 0.717) is 34.6 Å². The lowest BCUT2D eigenvalue weighted by Crippen LogP contribution is -2.33. The number of rotatable bonds is 5. The normalized spacial score (nSPS) is 14.9. The molecule has 0 spiro atoms. The van der Waals surface area contributed by atoms with Crippen LogP contribution in [0.25, 0.3) is 0 Å². The first kappa shape index (κ1) is 15.1. The highest BCUT2D eigenvalue weighted by Crippen LogP contribution is 2.26. The summed E-state index contributed by atoms with van der Waals surface area (Å²) in [4.78, 5) is 25.0. The molecule has 1 N–H and O–H groups in total. The van der Waals surface area contributed by atoms with Crippen LogP contribution in [0.15, 0.2) is 29.2 Å². The number of thioether (sulfide) groups is 2. The number of hydrogen-bond acceptors (Lipinski definition) is 4. The molecule has 1 fully saturated rings. The Hall–Kier alpha value is -1.28. The third-order valence-corrected chi connectivity index (χ3v) is 4.16. The molecule has 0 unspecified atom stereocenters. The average molecular weight is 318 g/mol. The van der Waals surface area contributed by atoms with Gasteiger partial charge in [0.2, 0.25) is 5.91 Å². The molecule has 0 aromatic heterocycles. The Balaban J connectivity index is 1.86. The van der Waals surface area contributed by atoms with Gasteiger partial charge in [0.25, 0.3) is 11.0 Å². The second-order valence-electron chi connectivity index (χ2n) is 3.99. The van der Waals surface area contributed by atoms with E-state index in [2.05, 4.69) is 5.32 Å². The van der Waals surface area contributed by atoms with E-state index in [1.807, 2.05) is 0 Å². The largest absolute Gasteiger partial charge is 0.325 e. The summed E-state index contributed by atoms with van der Waals surface area (Å²) >= 11 is 1.65. The minimum absolute atomic E-state index is 0.0133. The number of nitrogens with one attached hydrogen (secondary N) is 1. The van der Waals surface area contributed by atoms with E-state index in [9.17, 15) is 18.4 Å². The van der Waals surface area contributed by atoms with Crippen molar-refractivity contribution in [2.24, 2.45) is 0 Å². The van der Waals surface area contributed by atoms with Crippen molar-refractivity contribution in [2.75, 3.05) is 24.2 Å². The number of benzene rings is 1. The Labute approximate surface area is 123 Å². The van der Waals surface area contributed by atoms with Gasteiger partial charge < -0.3 is 10.2 Å². The second kappa shape index (κ2) is 6.94. The van der Waals surface area contributed by atoms with Crippen molar-refractivity contribution in [3.05, 3.63) is 24.3 Å². The van der Waals surface area contributed by atoms with Gasteiger partial charge in [-0.05, 0) is 24.3 Å². The molecule has 1 heterocycles. The Bertz CT molecular complexity index is 497. The summed E-state index contributed by atoms with van der Waals surface area (Å²) in [5.41, 5.74) is 0.521. The first-order chi connectivity index (χ1) is 9.54. The van der Waals surface area contributed by atoms with Gasteiger partial charge in [0.1, 0.15) is 6.54 Å². The summed E-state index contributed by atoms with van der Waals surface area (Å²) < 4.78 is 24.3. The molecule has 0 bridgehead atoms. The van der Waals surface area contributed by atoms with Crippen LogP contribution < -0.4 is 5.32 Å². The van der Waals surface area contributed by atoms with Crippen molar-refractivity contribution in [1.29, 1.82) is 0 Å². The van der Waals surface area contributed by atoms with Gasteiger partial charge in [-0.3, -0.25) is 9.59 Å². The van der Waals surface area contributed by atoms with E-state index < -0.39 is 5.76 Å². The van der Waals surface area contributed by atoms with Gasteiger partial charge in [0.05, 0.1) is 0 Å². The van der Waals surface area contributed by atoms with E-state index in [4.69, 9.17) is 0 Å². The topological polar surface area (TPSA) is 49.4 Å². The zero-order chi connectivity index (χ0) is 14.5. The van der Waals surface area contributed by atoms with Crippen molar-refractivity contribution in [3.8, 4) is 0 Å². The van der Waals surface area contributed by atoms with Crippen LogP contribution in [0.2, 0.25) is 0 Å². The predicted octanol–water partition coefficient (Wildman–Crippen LogP) is 3.11. The standard InChI is InChI=1S/C12H12F2N2O2S2/c13-11(14)20-9-3-1-8(2-4-9)15-10(17)7-16-5-6-19-12(16)18/h1-4,11H,5-7H2,(H,15,17). The molecule has 0 atom stereocenters. The lowest BCUT2D eigenvalue weighted by atomic mass is 10.3. The summed E-state index contributed by atoms with van der Waals surface area (Å²) in [5, 5.41) is 2.54. The minimum Gasteiger partial charge on any atom is -0.325 e. The molecule has 2 amide bonds. The second-order valence-corrected chi connectivity index (χ2v) is 6.10. The van der Waals surface area contributed by atoms with E-state index >= 15 is 0 Å². The molecule has 0 aliphatic carbocycles. The molecule has 1 aromatic rings. The minimum atomic E-state index is -2.46. The van der Waals surface area contributed by atoms with Gasteiger partial charge in [-0.25, -0.2) is 0 Å². The van der Waals surface area contributed by atoms with Crippen LogP contribution in [0.5, 0.6) is 0 Å². The van der Waals surface area contributed by atoms with Gasteiger partial charge in [0.15, 0.2) is 0 Å². The van der Waals surface area contributed by atoms with Gasteiger partial charge >= 0.3 is 0 Å². The van der Waals surface area contributed by atoms with Crippen LogP contribution >= 0.6 is 23.5 Å². The summed E-state index contributed by atoms with van der Waals surface area (Å²) in [6.45, 7) is 0.584. The molecule has 1 saturated heterocycles. The van der Waals surface area contributed by atoms with Crippen LogP contribution in [-0.4, -0.2) is 40.6 Å². The highest BCUT2D eigenvalue weighted by atomic mass is 32.2. The smallest absolute Gasteiger partial charge is 0.288 e. The Morgan fingerprint density at radius 2 is 2.10 bits per heavy atom. The zero-order valence-electron chi connectivity index (χ0n) is 10.3. The fourth-order valence-electron chi connectivity index (χ4n) is 1.66. The first-order valence-corrected chi connectivity index (χ1v) is 7.67. The number of carbonyl (C=O) groups excluding carboxylic acids is 2. The molecule has 2 rings (SSSR count). The molecular weight excluding hydrogens is 306 g/mol. The van der Waals surface area contributed by atoms with E-state index in [-0.39, 0.29) is 17.7 Å². The Morgan fingerprint density at radius 3 is 2.65 bits per heavy atom. The molecule has 20 heavy (non-hydrogen) atoms. The summed E-state index contributed by atoms with van der Waals surface area (Å²) in [7, 11) is 0. The number of alkyl halides is 2. The molecular formula is C12H12F2N2O2S2. The van der Waals surface area contributed by atoms with Gasteiger partial charge in [-0.2, -0.15) is 8.78 Å². The number of carbonyl (C=O) groups is 2. The third-order valence-electron chi connectivity index (χ3n) is 2.54. The first-order valence-electron chi connectivity index (χ1n) is 5.81. The molecule has 0 radical (unpaired) electrons. The lowest BCUT2D eigenvalue weighted by Gasteiger charge is -2.14. The Morgan fingerprint density at radius 1 is 1.40 bits per heavy atom. The number of nitrogens with zero attached hydrogens (tertiary/aromatic N) is 1. The maximum atomic E-state index is 12.1. The fraction of sp³-hybridized carbons (Fsp3) is 0.333. The molecule has 1 aromatic carbocycles. The van der Waals surface area contributed by atoms with E-state index in [0.717, 1.165) is 0 Å². The summed E-state index contributed by atoms with van der Waals surface area (Å²) in [5.74, 6) is -2.06. The maximum Gasteiger partial charge on any atom is 0.288 e. The third kappa shape index (κ3) is 4.38. The number of halogens is 2. The maximum absolute atomic E-state index is 12.1. The molecule has 4 nitrogen and oxygen atoms in total. The van der Waals surface area contributed by atoms with Gasteiger partial charge in [0, 0.05) is 22.9 Å². The van der Waals surface area contributed by atoms with Crippen LogP contribution in [0.4, 0.5) is 19.3 Å². The number of amides is 2. The molecule has 1 aliphatic rings. The van der Waals surface area contributed by atoms with Gasteiger partial charge in [-0.1, -0.05) is 23.5 Å². The summed E-state index contributed by atoms with van der Waals surface area (Å²) in [6.07, 6.45) is 0. The summed E-state index contributed by atoms with van der Waals surface area (Å²) in [6, 6.07) is 6.15. The highest BCUT2D eigenvalue weighted by molar-refractivity contribution is 8.13. The Kier molecular flexibility index (Phi) is 5.24. The van der Waals surface area contributed by atoms with E-state index in [1.165, 1.54) is 28.8 Å². The van der Waals surface area contributed by atoms with Crippen molar-refractivity contribution in [2.45, 2.75) is 10.7 Å². The van der Waals surface area contributed by atoms with Crippen molar-refractivity contribution in [1.82, 2.24) is 4.90 Å². The zero-order valence-corrected chi connectivity index (χ0v) is 12.0. The molecule has 1 aliphatic heterocycles. The lowest BCUT2D eigenvalue weighted by molar-refractivity contribution is -0.116. The van der Waals surface area contributed by atoms with Crippen LogP contribution in [0, 0.1) is 0 Å². The van der Waals surface area contributed by atoms with Gasteiger partial charge in [-0.15, -0.1) is 0 Å². The molecule has 108 valence electrons. The van der Waals surface area contributed by atoms with Crippen LogP contribution in [0.3, 0.4) is 0 Å².